The Morgan fingerprint density at radius 3 is 2.55 bits per heavy atom. The molecule has 3 aromatic rings. The van der Waals surface area contributed by atoms with E-state index in [0.717, 1.165) is 23.1 Å². The van der Waals surface area contributed by atoms with Crippen molar-refractivity contribution < 1.29 is 50.9 Å². The number of nitrogens with zero attached hydrogens (tertiary/aromatic N) is 3. The van der Waals surface area contributed by atoms with Crippen molar-refractivity contribution in [3.8, 4) is 0 Å². The zero-order chi connectivity index (χ0) is 34.3. The van der Waals surface area contributed by atoms with Gasteiger partial charge in [0.05, 0.1) is 18.7 Å². The lowest BCUT2D eigenvalue weighted by Crippen LogP contribution is -2.52. The monoisotopic (exact) mass is 665 g/mol. The van der Waals surface area contributed by atoms with E-state index in [9.17, 15) is 41.4 Å². The molecule has 0 aliphatic carbocycles. The van der Waals surface area contributed by atoms with Crippen molar-refractivity contribution >= 4 is 23.7 Å². The molecule has 4 atom stereocenters. The van der Waals surface area contributed by atoms with Gasteiger partial charge in [-0.2, -0.15) is 5.10 Å². The molecule has 2 aromatic carbocycles. The highest BCUT2D eigenvalue weighted by Gasteiger charge is 2.52. The van der Waals surface area contributed by atoms with Crippen molar-refractivity contribution in [3.05, 3.63) is 82.8 Å². The summed E-state index contributed by atoms with van der Waals surface area (Å²) in [5.41, 5.74) is -4.03. The van der Waals surface area contributed by atoms with Crippen LogP contribution in [0.1, 0.15) is 56.9 Å². The van der Waals surface area contributed by atoms with Gasteiger partial charge >= 0.3 is 6.09 Å². The van der Waals surface area contributed by atoms with Crippen molar-refractivity contribution in [1.82, 2.24) is 20.4 Å². The van der Waals surface area contributed by atoms with Gasteiger partial charge in [0.25, 0.3) is 11.8 Å². The first kappa shape index (κ1) is 33.8. The Balaban J connectivity index is 1.29. The Morgan fingerprint density at radius 1 is 1.09 bits per heavy atom. The van der Waals surface area contributed by atoms with Gasteiger partial charge in [0.15, 0.2) is 17.5 Å². The maximum absolute atomic E-state index is 14.7. The number of rotatable bonds is 7. The van der Waals surface area contributed by atoms with Crippen LogP contribution < -0.4 is 15.5 Å². The predicted molar refractivity (Wildman–Crippen MR) is 154 cm³/mol. The van der Waals surface area contributed by atoms with Gasteiger partial charge in [-0.1, -0.05) is 0 Å². The van der Waals surface area contributed by atoms with Gasteiger partial charge in [0, 0.05) is 49.0 Å². The number of benzene rings is 2. The number of aliphatic hydroxyl groups is 1. The molecule has 1 aromatic heterocycles. The molecular formula is C31H32F5N5O6. The zero-order valence-corrected chi connectivity index (χ0v) is 25.5. The van der Waals surface area contributed by atoms with E-state index >= 15 is 0 Å². The SMILES string of the molecule is CC(C)(C)OC(=O)N[C@H]1C[C@@H](n2ccc(N3CCC(O)(C(=O)NCc4cc(F)cc(F)c4F)C3=O)n2)CO[C@@H]1c1cc(F)ccc1F. The van der Waals surface area contributed by atoms with Crippen LogP contribution in [0.2, 0.25) is 0 Å². The molecule has 0 radical (unpaired) electrons. The van der Waals surface area contributed by atoms with E-state index in [1.165, 1.54) is 16.9 Å². The number of ether oxygens (including phenoxy) is 2. The summed E-state index contributed by atoms with van der Waals surface area (Å²) in [6.07, 6.45) is -0.614. The minimum absolute atomic E-state index is 0.0498. The Labute approximate surface area is 265 Å². The third-order valence-corrected chi connectivity index (χ3v) is 7.75. The molecule has 2 aliphatic heterocycles. The molecule has 3 N–H and O–H groups in total. The molecule has 3 amide bonds. The molecule has 2 saturated heterocycles. The van der Waals surface area contributed by atoms with Crippen LogP contribution in [-0.4, -0.2) is 63.2 Å². The van der Waals surface area contributed by atoms with Crippen molar-refractivity contribution in [2.24, 2.45) is 0 Å². The summed E-state index contributed by atoms with van der Waals surface area (Å²) in [7, 11) is 0. The third-order valence-electron chi connectivity index (χ3n) is 7.75. The zero-order valence-electron chi connectivity index (χ0n) is 25.5. The van der Waals surface area contributed by atoms with Crippen LogP contribution >= 0.6 is 0 Å². The van der Waals surface area contributed by atoms with E-state index in [-0.39, 0.29) is 37.4 Å². The van der Waals surface area contributed by atoms with E-state index < -0.39 is 88.5 Å². The number of aromatic nitrogens is 2. The summed E-state index contributed by atoms with van der Waals surface area (Å²) in [5, 5.41) is 20.2. The summed E-state index contributed by atoms with van der Waals surface area (Å²) in [6, 6.07) is 3.90. The Kier molecular flexibility index (Phi) is 9.28. The molecular weight excluding hydrogens is 633 g/mol. The highest BCUT2D eigenvalue weighted by Crippen LogP contribution is 2.36. The molecule has 252 valence electrons. The van der Waals surface area contributed by atoms with E-state index in [0.29, 0.717) is 12.1 Å². The first-order chi connectivity index (χ1) is 22.1. The highest BCUT2D eigenvalue weighted by molar-refractivity contribution is 6.16. The number of carbonyl (C=O) groups excluding carboxylic acids is 3. The molecule has 47 heavy (non-hydrogen) atoms. The minimum atomic E-state index is -2.56. The summed E-state index contributed by atoms with van der Waals surface area (Å²) in [5.74, 6) is -7.50. The van der Waals surface area contributed by atoms with E-state index in [1.54, 1.807) is 20.8 Å². The standard InChI is InChI=1S/C31H32F5N5O6/c1-30(2,3)47-29(44)38-23-13-19(15-46-26(23)20-11-17(32)4-5-21(20)34)41-8-6-24(39-41)40-9-7-31(45,28(40)43)27(42)37-14-16-10-18(33)12-22(35)25(16)36/h4-6,8,10-12,19,23,26,45H,7,9,13-15H2,1-3H3,(H,37,42)(H,38,44)/t19-,23+,26-,31?/m1/s1. The van der Waals surface area contributed by atoms with Crippen LogP contribution in [0.25, 0.3) is 0 Å². The number of alkyl carbamates (subject to hydrolysis) is 1. The van der Waals surface area contributed by atoms with Crippen molar-refractivity contribution in [3.63, 3.8) is 0 Å². The second kappa shape index (κ2) is 12.9. The lowest BCUT2D eigenvalue weighted by atomic mass is 9.93. The van der Waals surface area contributed by atoms with Crippen molar-refractivity contribution in [2.45, 2.75) is 69.5 Å². The number of hydrogen-bond donors (Lipinski definition) is 3. The number of hydrogen-bond acceptors (Lipinski definition) is 7. The lowest BCUT2D eigenvalue weighted by Gasteiger charge is -2.37. The van der Waals surface area contributed by atoms with Crippen LogP contribution in [0.5, 0.6) is 0 Å². The molecule has 0 spiro atoms. The van der Waals surface area contributed by atoms with Crippen LogP contribution in [0.3, 0.4) is 0 Å². The van der Waals surface area contributed by atoms with Crippen LogP contribution in [0.15, 0.2) is 42.6 Å². The van der Waals surface area contributed by atoms with Gasteiger partial charge in [-0.15, -0.1) is 0 Å². The van der Waals surface area contributed by atoms with Gasteiger partial charge < -0.3 is 25.2 Å². The maximum atomic E-state index is 14.7. The average Bonchev–Trinajstić information content (AvgIpc) is 3.59. The Morgan fingerprint density at radius 2 is 1.83 bits per heavy atom. The van der Waals surface area contributed by atoms with E-state index in [4.69, 9.17) is 9.47 Å². The normalized spacial score (nSPS) is 23.1. The third kappa shape index (κ3) is 7.22. The Hall–Kier alpha value is -4.57. The topological polar surface area (TPSA) is 135 Å². The van der Waals surface area contributed by atoms with Gasteiger partial charge in [0.1, 0.15) is 29.2 Å². The van der Waals surface area contributed by atoms with Gasteiger partial charge in [-0.05, 0) is 51.5 Å². The average molecular weight is 666 g/mol. The second-order valence-electron chi connectivity index (χ2n) is 12.3. The molecule has 16 heteroatoms. The van der Waals surface area contributed by atoms with Gasteiger partial charge in [-0.3, -0.25) is 19.2 Å². The summed E-state index contributed by atoms with van der Waals surface area (Å²) >= 11 is 0. The molecule has 11 nitrogen and oxygen atoms in total. The van der Waals surface area contributed by atoms with Crippen molar-refractivity contribution in [1.29, 1.82) is 0 Å². The van der Waals surface area contributed by atoms with Crippen LogP contribution in [0.4, 0.5) is 32.6 Å². The first-order valence-corrected chi connectivity index (χ1v) is 14.6. The summed E-state index contributed by atoms with van der Waals surface area (Å²) in [4.78, 5) is 39.7. The van der Waals surface area contributed by atoms with E-state index in [1.807, 2.05) is 0 Å². The van der Waals surface area contributed by atoms with Gasteiger partial charge in [-0.25, -0.2) is 26.7 Å². The molecule has 0 bridgehead atoms. The number of amides is 3. The Bertz CT molecular complexity index is 1700. The largest absolute Gasteiger partial charge is 0.444 e. The van der Waals surface area contributed by atoms with Crippen molar-refractivity contribution in [2.75, 3.05) is 18.1 Å². The minimum Gasteiger partial charge on any atom is -0.444 e. The number of anilines is 1. The molecule has 0 saturated carbocycles. The summed E-state index contributed by atoms with van der Waals surface area (Å²) in [6.45, 7) is 4.12. The molecule has 3 heterocycles. The van der Waals surface area contributed by atoms with Crippen LogP contribution in [0, 0.1) is 29.1 Å². The fraction of sp³-hybridized carbons (Fsp3) is 0.419. The second-order valence-corrected chi connectivity index (χ2v) is 12.3. The molecule has 2 aliphatic rings. The molecule has 5 rings (SSSR count). The lowest BCUT2D eigenvalue weighted by molar-refractivity contribution is -0.149. The maximum Gasteiger partial charge on any atom is 0.407 e. The number of nitrogens with one attached hydrogen (secondary N) is 2. The predicted octanol–water partition coefficient (Wildman–Crippen LogP) is 3.96. The molecule has 2 fully saturated rings. The van der Waals surface area contributed by atoms with E-state index in [2.05, 4.69) is 15.7 Å². The van der Waals surface area contributed by atoms with Gasteiger partial charge in [0.2, 0.25) is 5.60 Å². The summed E-state index contributed by atoms with van der Waals surface area (Å²) < 4.78 is 82.5. The smallest absolute Gasteiger partial charge is 0.407 e. The number of halogens is 5. The van der Waals surface area contributed by atoms with Crippen LogP contribution in [-0.2, 0) is 25.6 Å². The highest BCUT2D eigenvalue weighted by atomic mass is 19.2. The fourth-order valence-corrected chi connectivity index (χ4v) is 5.50. The fourth-order valence-electron chi connectivity index (χ4n) is 5.50. The molecule has 1 unspecified atom stereocenters. The first-order valence-electron chi connectivity index (χ1n) is 14.6. The quantitative estimate of drug-likeness (QED) is 0.198. The number of carbonyl (C=O) groups is 3.